The Morgan fingerprint density at radius 3 is 2.51 bits per heavy atom. The highest BCUT2D eigenvalue weighted by Gasteiger charge is 2.59. The van der Waals surface area contributed by atoms with Gasteiger partial charge in [0.25, 0.3) is 0 Å². The van der Waals surface area contributed by atoms with Gasteiger partial charge in [0, 0.05) is 6.61 Å². The molecule has 7 nitrogen and oxygen atoms in total. The van der Waals surface area contributed by atoms with Crippen LogP contribution in [0.25, 0.3) is 0 Å². The van der Waals surface area contributed by atoms with Crippen LogP contribution >= 0.6 is 11.8 Å². The largest absolute Gasteiger partial charge is 0.394 e. The minimum absolute atomic E-state index is 0.185. The Kier molecular flexibility index (Phi) is 10.6. The second-order valence-electron chi connectivity index (χ2n) is 14.4. The van der Waals surface area contributed by atoms with Gasteiger partial charge in [-0.05, 0) is 111 Å². The van der Waals surface area contributed by atoms with Crippen LogP contribution in [0.1, 0.15) is 97.8 Å². The Balaban J connectivity index is 1.01. The molecule has 13 atom stereocenters. The van der Waals surface area contributed by atoms with E-state index in [9.17, 15) is 25.5 Å². The molecular formula is C33H56O7S. The number of fused-ring (bicyclic) bond motifs is 5. The maximum absolute atomic E-state index is 10.5. The van der Waals surface area contributed by atoms with Crippen molar-refractivity contribution in [2.24, 2.45) is 34.5 Å². The summed E-state index contributed by atoms with van der Waals surface area (Å²) in [6.07, 6.45) is 12.2. The van der Waals surface area contributed by atoms with Crippen molar-refractivity contribution in [2.45, 2.75) is 140 Å². The Hall–Kier alpha value is -0.190. The molecule has 5 rings (SSSR count). The van der Waals surface area contributed by atoms with Gasteiger partial charge in [0.05, 0.1) is 18.8 Å². The predicted molar refractivity (Wildman–Crippen MR) is 161 cm³/mol. The molecule has 5 N–H and O–H groups in total. The predicted octanol–water partition coefficient (Wildman–Crippen LogP) is 4.42. The Bertz CT molecular complexity index is 897. The standard InChI is InChI=1S/C33H56O7S/c1-20(35)24-10-11-25-23-9-8-21-18-22(12-14-32(21,2)26(23)13-15-33(24,25)3)39-16-6-4-5-7-17-41-31-30(38)29(37)28(36)27(19-34)40-31/h8,20,22-31,34-38H,4-7,9-19H2,1-3H3/t20?,22-,23?,24+,25?,26?,27+,28+,29-,30-,31-,32-,33+/m0/s1. The molecule has 0 spiro atoms. The third kappa shape index (κ3) is 6.33. The van der Waals surface area contributed by atoms with E-state index in [-0.39, 0.29) is 12.7 Å². The quantitative estimate of drug-likeness (QED) is 0.176. The third-order valence-electron chi connectivity index (χ3n) is 12.2. The number of aliphatic hydroxyl groups is 5. The first-order valence-corrected chi connectivity index (χ1v) is 17.6. The third-order valence-corrected chi connectivity index (χ3v) is 13.5. The van der Waals surface area contributed by atoms with Crippen molar-refractivity contribution in [3.8, 4) is 0 Å². The van der Waals surface area contributed by atoms with E-state index >= 15 is 0 Å². The molecule has 0 aromatic heterocycles. The van der Waals surface area contributed by atoms with Gasteiger partial charge in [-0.25, -0.2) is 0 Å². The average molecular weight is 597 g/mol. The number of hydrogen-bond donors (Lipinski definition) is 5. The van der Waals surface area contributed by atoms with Crippen LogP contribution in [-0.2, 0) is 9.47 Å². The molecule has 1 heterocycles. The van der Waals surface area contributed by atoms with E-state index in [2.05, 4.69) is 19.9 Å². The molecule has 1 aliphatic heterocycles. The highest BCUT2D eigenvalue weighted by atomic mass is 32.2. The van der Waals surface area contributed by atoms with Crippen molar-refractivity contribution in [1.29, 1.82) is 0 Å². The van der Waals surface area contributed by atoms with Crippen LogP contribution in [0.3, 0.4) is 0 Å². The summed E-state index contributed by atoms with van der Waals surface area (Å²) in [6, 6.07) is 0. The molecule has 236 valence electrons. The lowest BCUT2D eigenvalue weighted by molar-refractivity contribution is -0.205. The molecule has 41 heavy (non-hydrogen) atoms. The normalized spacial score (nSPS) is 46.8. The molecule has 1 saturated heterocycles. The fourth-order valence-electron chi connectivity index (χ4n) is 9.82. The average Bonchev–Trinajstić information content (AvgIpc) is 3.32. The molecule has 5 aliphatic rings. The molecule has 0 aromatic rings. The van der Waals surface area contributed by atoms with Crippen molar-refractivity contribution in [2.75, 3.05) is 19.0 Å². The molecule has 4 aliphatic carbocycles. The van der Waals surface area contributed by atoms with Gasteiger partial charge in [0.1, 0.15) is 29.9 Å². The zero-order valence-electron chi connectivity index (χ0n) is 25.5. The van der Waals surface area contributed by atoms with E-state index in [0.29, 0.717) is 22.9 Å². The second kappa shape index (κ2) is 13.4. The van der Waals surface area contributed by atoms with Gasteiger partial charge in [-0.2, -0.15) is 0 Å². The maximum Gasteiger partial charge on any atom is 0.132 e. The molecule has 3 saturated carbocycles. The van der Waals surface area contributed by atoms with Gasteiger partial charge in [0.15, 0.2) is 0 Å². The van der Waals surface area contributed by atoms with E-state index in [1.807, 2.05) is 6.92 Å². The summed E-state index contributed by atoms with van der Waals surface area (Å²) in [4.78, 5) is 0. The van der Waals surface area contributed by atoms with Gasteiger partial charge in [-0.3, -0.25) is 0 Å². The number of thioether (sulfide) groups is 1. The van der Waals surface area contributed by atoms with Crippen molar-refractivity contribution in [3.63, 3.8) is 0 Å². The smallest absolute Gasteiger partial charge is 0.132 e. The van der Waals surface area contributed by atoms with E-state index in [1.54, 1.807) is 5.57 Å². The first-order valence-electron chi connectivity index (χ1n) is 16.5. The van der Waals surface area contributed by atoms with Crippen molar-refractivity contribution < 1.29 is 35.0 Å². The van der Waals surface area contributed by atoms with Crippen LogP contribution in [0.15, 0.2) is 11.6 Å². The molecule has 0 aromatic carbocycles. The lowest BCUT2D eigenvalue weighted by Gasteiger charge is -2.58. The van der Waals surface area contributed by atoms with Crippen LogP contribution in [0.2, 0.25) is 0 Å². The Morgan fingerprint density at radius 2 is 1.76 bits per heavy atom. The molecule has 4 unspecified atom stereocenters. The fraction of sp³-hybridized carbons (Fsp3) is 0.939. The van der Waals surface area contributed by atoms with Crippen LogP contribution < -0.4 is 0 Å². The van der Waals surface area contributed by atoms with Gasteiger partial charge in [-0.15, -0.1) is 11.8 Å². The van der Waals surface area contributed by atoms with Gasteiger partial charge in [0.2, 0.25) is 0 Å². The number of hydrogen-bond acceptors (Lipinski definition) is 8. The van der Waals surface area contributed by atoms with E-state index in [1.165, 1.54) is 50.3 Å². The van der Waals surface area contributed by atoms with Crippen molar-refractivity contribution >= 4 is 11.8 Å². The number of unbranched alkanes of at least 4 members (excludes halogenated alkanes) is 3. The summed E-state index contributed by atoms with van der Waals surface area (Å²) >= 11 is 1.44. The maximum atomic E-state index is 10.5. The minimum atomic E-state index is -1.30. The zero-order chi connectivity index (χ0) is 29.4. The van der Waals surface area contributed by atoms with Crippen molar-refractivity contribution in [1.82, 2.24) is 0 Å². The monoisotopic (exact) mass is 596 g/mol. The lowest BCUT2D eigenvalue weighted by Crippen LogP contribution is -2.57. The summed E-state index contributed by atoms with van der Waals surface area (Å²) in [5.74, 6) is 3.59. The van der Waals surface area contributed by atoms with Crippen molar-refractivity contribution in [3.05, 3.63) is 11.6 Å². The minimum Gasteiger partial charge on any atom is -0.394 e. The number of rotatable bonds is 11. The second-order valence-corrected chi connectivity index (χ2v) is 15.7. The van der Waals surface area contributed by atoms with Crippen LogP contribution in [0.4, 0.5) is 0 Å². The van der Waals surface area contributed by atoms with Crippen LogP contribution in [-0.4, -0.2) is 86.6 Å². The zero-order valence-corrected chi connectivity index (χ0v) is 26.3. The van der Waals surface area contributed by atoms with Gasteiger partial charge >= 0.3 is 0 Å². The lowest BCUT2D eigenvalue weighted by atomic mass is 9.47. The Morgan fingerprint density at radius 1 is 0.976 bits per heavy atom. The fourth-order valence-corrected chi connectivity index (χ4v) is 11.0. The summed E-state index contributed by atoms with van der Waals surface area (Å²) in [6.45, 7) is 7.48. The summed E-state index contributed by atoms with van der Waals surface area (Å²) in [5, 5.41) is 49.9. The molecule has 0 bridgehead atoms. The first-order chi connectivity index (χ1) is 19.6. The highest BCUT2D eigenvalue weighted by molar-refractivity contribution is 7.99. The number of aliphatic hydroxyl groups excluding tert-OH is 5. The molecule has 0 radical (unpaired) electrons. The summed E-state index contributed by atoms with van der Waals surface area (Å²) < 4.78 is 12.0. The van der Waals surface area contributed by atoms with Crippen LogP contribution in [0.5, 0.6) is 0 Å². The van der Waals surface area contributed by atoms with Gasteiger partial charge in [-0.1, -0.05) is 38.3 Å². The Labute approximate surface area is 251 Å². The van der Waals surface area contributed by atoms with E-state index < -0.39 is 29.9 Å². The highest BCUT2D eigenvalue weighted by Crippen LogP contribution is 2.66. The summed E-state index contributed by atoms with van der Waals surface area (Å²) in [5.41, 5.74) is 1.67. The molecule has 0 amide bonds. The van der Waals surface area contributed by atoms with E-state index in [0.717, 1.165) is 68.6 Å². The topological polar surface area (TPSA) is 120 Å². The van der Waals surface area contributed by atoms with E-state index in [4.69, 9.17) is 9.47 Å². The SMILES string of the molecule is CC(O)[C@H]1CCC2C3CC=C4C[C@@H](OCCCCCCS[C@@H]5O[C@H](CO)[C@@H](O)[C@H](O)[C@@H]5O)CC[C@]4(C)C3CC[C@@]21C. The summed E-state index contributed by atoms with van der Waals surface area (Å²) in [7, 11) is 0. The van der Waals surface area contributed by atoms with Gasteiger partial charge < -0.3 is 35.0 Å². The molecular weight excluding hydrogens is 540 g/mol. The van der Waals surface area contributed by atoms with Crippen LogP contribution in [0, 0.1) is 34.5 Å². The molecule has 4 fully saturated rings. The molecule has 8 heteroatoms. The number of ether oxygens (including phenoxy) is 2. The first kappa shape index (κ1) is 32.2. The number of allylic oxidation sites excluding steroid dienone is 1.